The van der Waals surface area contributed by atoms with Crippen molar-refractivity contribution in [1.82, 2.24) is 15.3 Å². The summed E-state index contributed by atoms with van der Waals surface area (Å²) < 4.78 is 0. The van der Waals surface area contributed by atoms with Gasteiger partial charge in [-0.15, -0.1) is 0 Å². The molecule has 0 amide bonds. The molecule has 0 aliphatic carbocycles. The second-order valence-electron chi connectivity index (χ2n) is 5.36. The van der Waals surface area contributed by atoms with Crippen molar-refractivity contribution in [2.24, 2.45) is 5.92 Å². The molecule has 1 unspecified atom stereocenters. The predicted molar refractivity (Wildman–Crippen MR) is 72.2 cm³/mol. The molecule has 3 nitrogen and oxygen atoms in total. The summed E-state index contributed by atoms with van der Waals surface area (Å²) in [5.41, 5.74) is 2.21. The van der Waals surface area contributed by atoms with Crippen LogP contribution in [0.25, 0.3) is 0 Å². The Bertz CT molecular complexity index is 358. The molecule has 1 heterocycles. The molecule has 0 spiro atoms. The van der Waals surface area contributed by atoms with Crippen LogP contribution in [-0.2, 0) is 6.42 Å². The Morgan fingerprint density at radius 3 is 2.29 bits per heavy atom. The molecule has 1 rings (SSSR count). The molecule has 96 valence electrons. The van der Waals surface area contributed by atoms with Gasteiger partial charge in [0.1, 0.15) is 5.82 Å². The van der Waals surface area contributed by atoms with E-state index in [-0.39, 0.29) is 0 Å². The summed E-state index contributed by atoms with van der Waals surface area (Å²) in [6, 6.07) is 2.57. The molecule has 3 heteroatoms. The first-order valence-electron chi connectivity index (χ1n) is 6.45. The number of hydrogen-bond donors (Lipinski definition) is 1. The number of likely N-dealkylation sites (N-methyl/N-ethyl adjacent to an activating group) is 1. The molecule has 0 aliphatic rings. The standard InChI is InChI=1S/C14H25N3/c1-9(2)13(15-6)8-12-7-11(5)16-14(17-12)10(3)4/h7,9-10,13,15H,8H2,1-6H3. The summed E-state index contributed by atoms with van der Waals surface area (Å²) in [5.74, 6) is 1.96. The van der Waals surface area contributed by atoms with E-state index in [2.05, 4.69) is 49.0 Å². The van der Waals surface area contributed by atoms with Crippen molar-refractivity contribution < 1.29 is 0 Å². The van der Waals surface area contributed by atoms with E-state index in [1.54, 1.807) is 0 Å². The van der Waals surface area contributed by atoms with Crippen LogP contribution in [0.3, 0.4) is 0 Å². The zero-order valence-corrected chi connectivity index (χ0v) is 11.9. The zero-order chi connectivity index (χ0) is 13.0. The summed E-state index contributed by atoms with van der Waals surface area (Å²) in [7, 11) is 2.02. The van der Waals surface area contributed by atoms with Crippen LogP contribution in [0.5, 0.6) is 0 Å². The first-order valence-corrected chi connectivity index (χ1v) is 6.45. The third-order valence-electron chi connectivity index (χ3n) is 3.05. The molecule has 0 saturated heterocycles. The van der Waals surface area contributed by atoms with Crippen molar-refractivity contribution in [3.63, 3.8) is 0 Å². The Labute approximate surface area is 105 Å². The van der Waals surface area contributed by atoms with E-state index in [0.717, 1.165) is 23.6 Å². The smallest absolute Gasteiger partial charge is 0.131 e. The van der Waals surface area contributed by atoms with Crippen LogP contribution < -0.4 is 5.32 Å². The third-order valence-corrected chi connectivity index (χ3v) is 3.05. The SMILES string of the molecule is CNC(Cc1cc(C)nc(C(C)C)n1)C(C)C. The lowest BCUT2D eigenvalue weighted by Crippen LogP contribution is -2.33. The Morgan fingerprint density at radius 2 is 1.82 bits per heavy atom. The molecule has 0 saturated carbocycles. The lowest BCUT2D eigenvalue weighted by molar-refractivity contribution is 0.420. The van der Waals surface area contributed by atoms with Crippen molar-refractivity contribution in [2.45, 2.75) is 53.0 Å². The van der Waals surface area contributed by atoms with Crippen LogP contribution in [0.4, 0.5) is 0 Å². The van der Waals surface area contributed by atoms with E-state index < -0.39 is 0 Å². The fourth-order valence-electron chi connectivity index (χ4n) is 1.92. The quantitative estimate of drug-likeness (QED) is 0.852. The van der Waals surface area contributed by atoms with E-state index in [4.69, 9.17) is 0 Å². The number of aryl methyl sites for hydroxylation is 1. The van der Waals surface area contributed by atoms with Gasteiger partial charge in [0, 0.05) is 29.8 Å². The molecule has 0 fully saturated rings. The van der Waals surface area contributed by atoms with Crippen molar-refractivity contribution in [1.29, 1.82) is 0 Å². The molecule has 1 aromatic rings. The summed E-state index contributed by atoms with van der Waals surface area (Å²) >= 11 is 0. The van der Waals surface area contributed by atoms with Gasteiger partial charge >= 0.3 is 0 Å². The predicted octanol–water partition coefficient (Wildman–Crippen LogP) is 2.69. The maximum Gasteiger partial charge on any atom is 0.131 e. The average Bonchev–Trinajstić information content (AvgIpc) is 2.24. The minimum atomic E-state index is 0.390. The van der Waals surface area contributed by atoms with E-state index in [1.807, 2.05) is 14.0 Å². The Kier molecular flexibility index (Phi) is 5.06. The Balaban J connectivity index is 2.90. The molecular formula is C14H25N3. The van der Waals surface area contributed by atoms with E-state index >= 15 is 0 Å². The van der Waals surface area contributed by atoms with Gasteiger partial charge in [-0.3, -0.25) is 0 Å². The molecule has 1 N–H and O–H groups in total. The lowest BCUT2D eigenvalue weighted by atomic mass is 9.99. The molecular weight excluding hydrogens is 210 g/mol. The fraction of sp³-hybridized carbons (Fsp3) is 0.714. The van der Waals surface area contributed by atoms with Gasteiger partial charge in [-0.25, -0.2) is 9.97 Å². The molecule has 0 bridgehead atoms. The van der Waals surface area contributed by atoms with Crippen LogP contribution in [-0.4, -0.2) is 23.1 Å². The third kappa shape index (κ3) is 4.08. The molecule has 1 aromatic heterocycles. The van der Waals surface area contributed by atoms with E-state index in [9.17, 15) is 0 Å². The minimum absolute atomic E-state index is 0.390. The number of hydrogen-bond acceptors (Lipinski definition) is 3. The zero-order valence-electron chi connectivity index (χ0n) is 11.9. The highest BCUT2D eigenvalue weighted by Gasteiger charge is 2.14. The number of nitrogens with one attached hydrogen (secondary N) is 1. The summed E-state index contributed by atoms with van der Waals surface area (Å²) in [5, 5.41) is 3.36. The molecule has 0 radical (unpaired) electrons. The normalized spacial score (nSPS) is 13.4. The van der Waals surface area contributed by atoms with Gasteiger partial charge in [0.2, 0.25) is 0 Å². The highest BCUT2D eigenvalue weighted by molar-refractivity contribution is 5.13. The van der Waals surface area contributed by atoms with Crippen LogP contribution >= 0.6 is 0 Å². The van der Waals surface area contributed by atoms with Crippen molar-refractivity contribution in [3.8, 4) is 0 Å². The number of nitrogens with zero attached hydrogens (tertiary/aromatic N) is 2. The first-order chi connectivity index (χ1) is 7.93. The van der Waals surface area contributed by atoms with Crippen molar-refractivity contribution in [3.05, 3.63) is 23.3 Å². The second-order valence-corrected chi connectivity index (χ2v) is 5.36. The molecule has 1 atom stereocenters. The highest BCUT2D eigenvalue weighted by atomic mass is 14.9. The van der Waals surface area contributed by atoms with Crippen LogP contribution in [0.15, 0.2) is 6.07 Å². The summed E-state index contributed by atoms with van der Waals surface area (Å²) in [4.78, 5) is 9.13. The van der Waals surface area contributed by atoms with Gasteiger partial charge in [0.25, 0.3) is 0 Å². The van der Waals surface area contributed by atoms with Crippen LogP contribution in [0.2, 0.25) is 0 Å². The molecule has 0 aromatic carbocycles. The van der Waals surface area contributed by atoms with Gasteiger partial charge in [-0.2, -0.15) is 0 Å². The first kappa shape index (κ1) is 14.1. The van der Waals surface area contributed by atoms with Gasteiger partial charge in [-0.1, -0.05) is 27.7 Å². The molecule has 17 heavy (non-hydrogen) atoms. The number of rotatable bonds is 5. The summed E-state index contributed by atoms with van der Waals surface area (Å²) in [6.45, 7) is 10.8. The average molecular weight is 235 g/mol. The van der Waals surface area contributed by atoms with Crippen molar-refractivity contribution >= 4 is 0 Å². The van der Waals surface area contributed by atoms with Gasteiger partial charge in [-0.05, 0) is 26.0 Å². The maximum atomic E-state index is 4.65. The minimum Gasteiger partial charge on any atom is -0.316 e. The van der Waals surface area contributed by atoms with Crippen LogP contribution in [0.1, 0.15) is 50.8 Å². The largest absolute Gasteiger partial charge is 0.316 e. The van der Waals surface area contributed by atoms with Crippen LogP contribution in [0, 0.1) is 12.8 Å². The Morgan fingerprint density at radius 1 is 1.18 bits per heavy atom. The van der Waals surface area contributed by atoms with E-state index in [1.165, 1.54) is 0 Å². The Hall–Kier alpha value is -0.960. The highest BCUT2D eigenvalue weighted by Crippen LogP contribution is 2.13. The number of aromatic nitrogens is 2. The summed E-state index contributed by atoms with van der Waals surface area (Å²) in [6.07, 6.45) is 0.969. The topological polar surface area (TPSA) is 37.8 Å². The molecule has 0 aliphatic heterocycles. The fourth-order valence-corrected chi connectivity index (χ4v) is 1.92. The van der Waals surface area contributed by atoms with E-state index in [0.29, 0.717) is 17.9 Å². The maximum absolute atomic E-state index is 4.65. The lowest BCUT2D eigenvalue weighted by Gasteiger charge is -2.20. The second kappa shape index (κ2) is 6.10. The van der Waals surface area contributed by atoms with Gasteiger partial charge in [0.05, 0.1) is 0 Å². The van der Waals surface area contributed by atoms with Gasteiger partial charge < -0.3 is 5.32 Å². The monoisotopic (exact) mass is 235 g/mol. The van der Waals surface area contributed by atoms with Crippen molar-refractivity contribution in [2.75, 3.05) is 7.05 Å². The van der Waals surface area contributed by atoms with Gasteiger partial charge in [0.15, 0.2) is 0 Å².